The summed E-state index contributed by atoms with van der Waals surface area (Å²) in [7, 11) is 0. The highest BCUT2D eigenvalue weighted by atomic mass is 16.5. The molecule has 0 spiro atoms. The van der Waals surface area contributed by atoms with Crippen LogP contribution in [0.3, 0.4) is 0 Å². The Morgan fingerprint density at radius 1 is 1.27 bits per heavy atom. The van der Waals surface area contributed by atoms with Gasteiger partial charge in [-0.2, -0.15) is 0 Å². The number of hydrogen-bond acceptors (Lipinski definition) is 1. The summed E-state index contributed by atoms with van der Waals surface area (Å²) in [4.78, 5) is 0. The molecule has 0 aromatic rings. The van der Waals surface area contributed by atoms with Crippen molar-refractivity contribution in [1.82, 2.24) is 0 Å². The molecule has 0 radical (unpaired) electrons. The summed E-state index contributed by atoms with van der Waals surface area (Å²) in [5.74, 6) is 0. The van der Waals surface area contributed by atoms with E-state index < -0.39 is 0 Å². The second-order valence-electron chi connectivity index (χ2n) is 3.86. The minimum Gasteiger partial charge on any atom is -0.375 e. The molecule has 11 heavy (non-hydrogen) atoms. The van der Waals surface area contributed by atoms with Crippen LogP contribution in [0.1, 0.15) is 52.4 Å². The second kappa shape index (κ2) is 4.10. The molecule has 1 fully saturated rings. The molecule has 1 saturated carbocycles. The van der Waals surface area contributed by atoms with Crippen molar-refractivity contribution in [2.75, 3.05) is 6.61 Å². The van der Waals surface area contributed by atoms with E-state index in [2.05, 4.69) is 13.8 Å². The highest BCUT2D eigenvalue weighted by Gasteiger charge is 2.28. The van der Waals surface area contributed by atoms with Crippen molar-refractivity contribution in [2.45, 2.75) is 58.0 Å². The quantitative estimate of drug-likeness (QED) is 0.568. The van der Waals surface area contributed by atoms with E-state index in [0.717, 1.165) is 6.61 Å². The number of unbranched alkanes of at least 4 members (excludes halogenated alkanes) is 1. The van der Waals surface area contributed by atoms with E-state index in [1.54, 1.807) is 0 Å². The zero-order chi connectivity index (χ0) is 8.16. The maximum absolute atomic E-state index is 5.83. The Morgan fingerprint density at radius 2 is 1.91 bits per heavy atom. The van der Waals surface area contributed by atoms with Gasteiger partial charge in [0.2, 0.25) is 0 Å². The first-order valence-electron chi connectivity index (χ1n) is 4.91. The average molecular weight is 156 g/mol. The Morgan fingerprint density at radius 3 is 2.45 bits per heavy atom. The average Bonchev–Trinajstić information content (AvgIpc) is 2.38. The molecule has 1 rings (SSSR count). The molecule has 0 saturated heterocycles. The molecule has 0 aliphatic heterocycles. The summed E-state index contributed by atoms with van der Waals surface area (Å²) in [5.41, 5.74) is 0.245. The van der Waals surface area contributed by atoms with Crippen LogP contribution in [0.15, 0.2) is 0 Å². The fraction of sp³-hybridized carbons (Fsp3) is 1.00. The van der Waals surface area contributed by atoms with Crippen LogP contribution < -0.4 is 0 Å². The largest absolute Gasteiger partial charge is 0.375 e. The first kappa shape index (κ1) is 9.05. The van der Waals surface area contributed by atoms with E-state index >= 15 is 0 Å². The first-order valence-corrected chi connectivity index (χ1v) is 4.91. The van der Waals surface area contributed by atoms with E-state index in [1.807, 2.05) is 0 Å². The summed E-state index contributed by atoms with van der Waals surface area (Å²) in [6, 6.07) is 0. The van der Waals surface area contributed by atoms with Crippen LogP contribution in [0, 0.1) is 0 Å². The standard InChI is InChI=1S/C10H20O/c1-3-4-9-11-10(2)7-5-6-8-10/h3-9H2,1-2H3. The van der Waals surface area contributed by atoms with Crippen molar-refractivity contribution in [3.63, 3.8) is 0 Å². The molecule has 0 amide bonds. The molecule has 1 aliphatic carbocycles. The van der Waals surface area contributed by atoms with Crippen molar-refractivity contribution in [1.29, 1.82) is 0 Å². The van der Waals surface area contributed by atoms with Gasteiger partial charge in [-0.25, -0.2) is 0 Å². The van der Waals surface area contributed by atoms with E-state index in [1.165, 1.54) is 38.5 Å². The molecule has 66 valence electrons. The molecule has 0 N–H and O–H groups in total. The lowest BCUT2D eigenvalue weighted by Crippen LogP contribution is -2.24. The lowest BCUT2D eigenvalue weighted by Gasteiger charge is -2.23. The molecule has 0 heterocycles. The Labute approximate surface area is 70.1 Å². The number of ether oxygens (including phenoxy) is 1. The molecule has 0 aromatic carbocycles. The third-order valence-electron chi connectivity index (χ3n) is 2.61. The maximum Gasteiger partial charge on any atom is 0.0654 e. The fourth-order valence-electron chi connectivity index (χ4n) is 1.73. The monoisotopic (exact) mass is 156 g/mol. The zero-order valence-electron chi connectivity index (χ0n) is 7.86. The molecule has 1 aliphatic rings. The predicted octanol–water partition coefficient (Wildman–Crippen LogP) is 3.14. The SMILES string of the molecule is CCCCOC1(C)CCCC1. The highest BCUT2D eigenvalue weighted by Crippen LogP contribution is 2.32. The predicted molar refractivity (Wildman–Crippen MR) is 47.7 cm³/mol. The van der Waals surface area contributed by atoms with Gasteiger partial charge in [0.05, 0.1) is 5.60 Å². The Hall–Kier alpha value is -0.0400. The number of hydrogen-bond donors (Lipinski definition) is 0. The van der Waals surface area contributed by atoms with Crippen LogP contribution in [-0.2, 0) is 4.74 Å². The Kier molecular flexibility index (Phi) is 3.38. The molecular weight excluding hydrogens is 136 g/mol. The number of rotatable bonds is 4. The molecule has 0 bridgehead atoms. The van der Waals surface area contributed by atoms with Gasteiger partial charge in [0.1, 0.15) is 0 Å². The van der Waals surface area contributed by atoms with Gasteiger partial charge in [-0.05, 0) is 26.2 Å². The van der Waals surface area contributed by atoms with E-state index in [4.69, 9.17) is 4.74 Å². The zero-order valence-corrected chi connectivity index (χ0v) is 7.86. The third-order valence-corrected chi connectivity index (χ3v) is 2.61. The van der Waals surface area contributed by atoms with E-state index in [-0.39, 0.29) is 5.60 Å². The van der Waals surface area contributed by atoms with Crippen molar-refractivity contribution >= 4 is 0 Å². The van der Waals surface area contributed by atoms with Crippen LogP contribution in [0.4, 0.5) is 0 Å². The normalized spacial score (nSPS) is 22.4. The van der Waals surface area contributed by atoms with Crippen molar-refractivity contribution in [3.8, 4) is 0 Å². The molecule has 0 aromatic heterocycles. The van der Waals surface area contributed by atoms with Crippen LogP contribution in [0.25, 0.3) is 0 Å². The van der Waals surface area contributed by atoms with E-state index in [9.17, 15) is 0 Å². The lowest BCUT2D eigenvalue weighted by atomic mass is 10.1. The summed E-state index contributed by atoms with van der Waals surface area (Å²) in [5, 5.41) is 0. The maximum atomic E-state index is 5.83. The first-order chi connectivity index (χ1) is 5.27. The van der Waals surface area contributed by atoms with Gasteiger partial charge in [-0.15, -0.1) is 0 Å². The topological polar surface area (TPSA) is 9.23 Å². The highest BCUT2D eigenvalue weighted by molar-refractivity contribution is 4.81. The summed E-state index contributed by atoms with van der Waals surface area (Å²) in [6.45, 7) is 5.43. The van der Waals surface area contributed by atoms with Gasteiger partial charge in [0, 0.05) is 6.61 Å². The van der Waals surface area contributed by atoms with Gasteiger partial charge in [0.25, 0.3) is 0 Å². The summed E-state index contributed by atoms with van der Waals surface area (Å²) in [6.07, 6.45) is 7.74. The molecule has 1 nitrogen and oxygen atoms in total. The van der Waals surface area contributed by atoms with E-state index in [0.29, 0.717) is 0 Å². The van der Waals surface area contributed by atoms with Crippen LogP contribution in [0.5, 0.6) is 0 Å². The fourth-order valence-corrected chi connectivity index (χ4v) is 1.73. The minimum atomic E-state index is 0.245. The van der Waals surface area contributed by atoms with Gasteiger partial charge < -0.3 is 4.74 Å². The molecule has 1 heteroatoms. The smallest absolute Gasteiger partial charge is 0.0654 e. The molecule has 0 atom stereocenters. The van der Waals surface area contributed by atoms with Crippen molar-refractivity contribution in [3.05, 3.63) is 0 Å². The van der Waals surface area contributed by atoms with Gasteiger partial charge in [-0.3, -0.25) is 0 Å². The minimum absolute atomic E-state index is 0.245. The molecular formula is C10H20O. The van der Waals surface area contributed by atoms with Gasteiger partial charge in [-0.1, -0.05) is 26.2 Å². The third kappa shape index (κ3) is 2.82. The molecule has 0 unspecified atom stereocenters. The lowest BCUT2D eigenvalue weighted by molar-refractivity contribution is -0.0273. The Balaban J connectivity index is 2.13. The van der Waals surface area contributed by atoms with Gasteiger partial charge >= 0.3 is 0 Å². The van der Waals surface area contributed by atoms with Crippen LogP contribution >= 0.6 is 0 Å². The Bertz CT molecular complexity index is 103. The van der Waals surface area contributed by atoms with Crippen molar-refractivity contribution < 1.29 is 4.74 Å². The summed E-state index contributed by atoms with van der Waals surface area (Å²) < 4.78 is 5.83. The summed E-state index contributed by atoms with van der Waals surface area (Å²) >= 11 is 0. The van der Waals surface area contributed by atoms with Crippen LogP contribution in [0.2, 0.25) is 0 Å². The van der Waals surface area contributed by atoms with Gasteiger partial charge in [0.15, 0.2) is 0 Å². The second-order valence-corrected chi connectivity index (χ2v) is 3.86. The van der Waals surface area contributed by atoms with Crippen LogP contribution in [-0.4, -0.2) is 12.2 Å². The van der Waals surface area contributed by atoms with Crippen molar-refractivity contribution in [2.24, 2.45) is 0 Å².